The van der Waals surface area contributed by atoms with Gasteiger partial charge < -0.3 is 18.9 Å². The lowest BCUT2D eigenvalue weighted by Crippen LogP contribution is -2.61. The van der Waals surface area contributed by atoms with Gasteiger partial charge in [0, 0.05) is 77.9 Å². The van der Waals surface area contributed by atoms with Gasteiger partial charge in [0.05, 0.1) is 33.4 Å². The average molecular weight is 1610 g/mol. The van der Waals surface area contributed by atoms with Crippen LogP contribution in [0.25, 0.3) is 165 Å². The van der Waals surface area contributed by atoms with Gasteiger partial charge in [-0.3, -0.25) is 0 Å². The number of aromatic nitrogens is 2. The Bertz CT molecular complexity index is 7620. The molecule has 2 aromatic heterocycles. The minimum absolute atomic E-state index is 0.176. The van der Waals surface area contributed by atoms with Gasteiger partial charge in [-0.15, -0.1) is 0 Å². The number of anilines is 6. The van der Waals surface area contributed by atoms with E-state index < -0.39 is 0 Å². The standard InChI is InChI=1S/C120H97BN4/c1-117(2,3)86-44-26-40-79(62-86)96-66-83(74-32-16-13-17-33-74)67-97(80-41-27-45-87(63-80)118(4,5)6)115(96)124-106-72-90(122-102-52-24-22-48-92(102)93-49-23-25-53-103(93)122)56-58-100(106)121-101-59-57-91(123-104-60-54-77-38-30-50-94-95-51-31-39-78-55-61-105(123)113(111(78)95)112(104)110(77)94)73-107(101)125(109-71-85(70-108(124)114(109)121)76-36-20-15-21-37-76)116-98(81-42-28-46-88(64-81)119(7,8)9)68-84(75-34-18-14-19-35-75)69-99(116)82-43-29-47-89(65-82)120(10,11)12/h13-73H,1-12H3. The summed E-state index contributed by atoms with van der Waals surface area (Å²) in [5, 5.41) is 12.7. The van der Waals surface area contributed by atoms with Crippen LogP contribution in [0.15, 0.2) is 370 Å². The summed E-state index contributed by atoms with van der Waals surface area (Å²) < 4.78 is 5.14. The first kappa shape index (κ1) is 75.7. The van der Waals surface area contributed by atoms with Crippen LogP contribution in [0.1, 0.15) is 105 Å². The summed E-state index contributed by atoms with van der Waals surface area (Å²) in [5.74, 6) is 0. The van der Waals surface area contributed by atoms with E-state index in [1.54, 1.807) is 0 Å². The molecule has 21 aromatic rings. The van der Waals surface area contributed by atoms with Crippen LogP contribution >= 0.6 is 0 Å². The zero-order valence-electron chi connectivity index (χ0n) is 73.1. The van der Waals surface area contributed by atoms with E-state index in [0.717, 1.165) is 134 Å². The molecule has 125 heavy (non-hydrogen) atoms. The predicted octanol–water partition coefficient (Wildman–Crippen LogP) is 31.2. The summed E-state index contributed by atoms with van der Waals surface area (Å²) in [6.07, 6.45) is 0. The lowest BCUT2D eigenvalue weighted by Gasteiger charge is -2.46. The van der Waals surface area contributed by atoms with E-state index in [2.05, 4.69) is 472 Å². The highest BCUT2D eigenvalue weighted by Gasteiger charge is 2.47. The highest BCUT2D eigenvalue weighted by atomic mass is 15.2. The highest BCUT2D eigenvalue weighted by molar-refractivity contribution is 7.00. The van der Waals surface area contributed by atoms with E-state index >= 15 is 0 Å². The van der Waals surface area contributed by atoms with Crippen molar-refractivity contribution >= 4 is 133 Å². The van der Waals surface area contributed by atoms with Crippen LogP contribution in [0, 0.1) is 0 Å². The molecule has 0 fully saturated rings. The Kier molecular flexibility index (Phi) is 17.0. The Balaban J connectivity index is 0.926. The molecule has 4 heterocycles. The third kappa shape index (κ3) is 12.2. The van der Waals surface area contributed by atoms with Crippen LogP contribution in [-0.4, -0.2) is 15.8 Å². The molecule has 19 aromatic carbocycles. The molecule has 23 rings (SSSR count). The van der Waals surface area contributed by atoms with Crippen LogP contribution in [0.4, 0.5) is 34.1 Å². The fourth-order valence-corrected chi connectivity index (χ4v) is 21.0. The van der Waals surface area contributed by atoms with E-state index in [9.17, 15) is 0 Å². The topological polar surface area (TPSA) is 16.3 Å². The minimum atomic E-state index is -0.338. The second kappa shape index (κ2) is 28.1. The van der Waals surface area contributed by atoms with Gasteiger partial charge in [0.25, 0.3) is 6.71 Å². The van der Waals surface area contributed by atoms with E-state index in [1.165, 1.54) is 104 Å². The minimum Gasteiger partial charge on any atom is -0.310 e. The average Bonchev–Trinajstić information content (AvgIpc) is 1.68. The fourth-order valence-electron chi connectivity index (χ4n) is 21.0. The maximum absolute atomic E-state index is 2.79. The number of para-hydroxylation sites is 2. The van der Waals surface area contributed by atoms with Crippen LogP contribution in [-0.2, 0) is 21.7 Å². The van der Waals surface area contributed by atoms with Gasteiger partial charge in [-0.05, 0) is 233 Å². The van der Waals surface area contributed by atoms with Gasteiger partial charge in [-0.2, -0.15) is 0 Å². The number of fused-ring (bicyclic) bond motifs is 8. The van der Waals surface area contributed by atoms with Crippen molar-refractivity contribution < 1.29 is 0 Å². The molecule has 4 nitrogen and oxygen atoms in total. The predicted molar refractivity (Wildman–Crippen MR) is 537 cm³/mol. The normalized spacial score (nSPS) is 13.1. The molecule has 0 N–H and O–H groups in total. The Morgan fingerprint density at radius 2 is 0.512 bits per heavy atom. The van der Waals surface area contributed by atoms with Crippen molar-refractivity contribution in [3.05, 3.63) is 392 Å². The SMILES string of the molecule is CC(C)(C)c1cccc(-c2cc(-c3ccccc3)cc(-c3cccc(C(C)(C)C)c3)c2N2c3cc(-n4c5ccccc5c5ccccc54)ccc3B3c4ccc(-n5c6ccc7cccc8c9cccc%10ccc5c(c%109)c6c78)cc4N(c4c(-c5cccc(C(C)(C)C)c5)cc(-c5ccccc5)cc4-c4cccc(C(C)(C)C)c4)c4cc(-c5ccccc5)cc2c43)c1. The van der Waals surface area contributed by atoms with E-state index in [1.807, 2.05) is 0 Å². The molecule has 600 valence electrons. The van der Waals surface area contributed by atoms with Crippen molar-refractivity contribution in [2.24, 2.45) is 0 Å². The molecular formula is C120H97BN4. The van der Waals surface area contributed by atoms with Gasteiger partial charge in [0.15, 0.2) is 0 Å². The molecule has 0 saturated carbocycles. The van der Waals surface area contributed by atoms with Gasteiger partial charge in [-0.1, -0.05) is 368 Å². The largest absolute Gasteiger partial charge is 0.310 e. The molecule has 0 unspecified atom stereocenters. The second-order valence-corrected chi connectivity index (χ2v) is 39.2. The van der Waals surface area contributed by atoms with Crippen molar-refractivity contribution in [3.63, 3.8) is 0 Å². The maximum atomic E-state index is 2.79. The first-order chi connectivity index (χ1) is 60.5. The molecule has 0 spiro atoms. The lowest BCUT2D eigenvalue weighted by atomic mass is 9.33. The third-order valence-electron chi connectivity index (χ3n) is 27.4. The molecule has 0 bridgehead atoms. The van der Waals surface area contributed by atoms with Crippen LogP contribution in [0.2, 0.25) is 0 Å². The highest BCUT2D eigenvalue weighted by Crippen LogP contribution is 2.58. The number of hydrogen-bond acceptors (Lipinski definition) is 2. The third-order valence-corrected chi connectivity index (χ3v) is 27.4. The molecule has 0 atom stereocenters. The van der Waals surface area contributed by atoms with Crippen LogP contribution < -0.4 is 26.2 Å². The zero-order chi connectivity index (χ0) is 84.8. The molecule has 0 saturated heterocycles. The van der Waals surface area contributed by atoms with Crippen molar-refractivity contribution in [1.82, 2.24) is 9.13 Å². The first-order valence-corrected chi connectivity index (χ1v) is 44.5. The Labute approximate surface area is 733 Å². The van der Waals surface area contributed by atoms with Crippen molar-refractivity contribution in [3.8, 4) is 89.3 Å². The van der Waals surface area contributed by atoms with Crippen LogP contribution in [0.5, 0.6) is 0 Å². The van der Waals surface area contributed by atoms with Crippen molar-refractivity contribution in [1.29, 1.82) is 0 Å². The maximum Gasteiger partial charge on any atom is 0.252 e. The monoisotopic (exact) mass is 1600 g/mol. The second-order valence-electron chi connectivity index (χ2n) is 39.2. The van der Waals surface area contributed by atoms with E-state index in [0.29, 0.717) is 0 Å². The molecule has 0 aliphatic carbocycles. The molecule has 5 heteroatoms. The van der Waals surface area contributed by atoms with E-state index in [4.69, 9.17) is 0 Å². The van der Waals surface area contributed by atoms with E-state index in [-0.39, 0.29) is 28.4 Å². The molecular weight excluding hydrogens is 1510 g/mol. The van der Waals surface area contributed by atoms with Gasteiger partial charge >= 0.3 is 0 Å². The molecule has 2 aliphatic heterocycles. The van der Waals surface area contributed by atoms with Crippen molar-refractivity contribution in [2.75, 3.05) is 9.80 Å². The van der Waals surface area contributed by atoms with Gasteiger partial charge in [0.2, 0.25) is 0 Å². The summed E-state index contributed by atoms with van der Waals surface area (Å²) in [6.45, 7) is 27.9. The fraction of sp³-hybridized carbons (Fsp3) is 0.133. The molecule has 0 radical (unpaired) electrons. The smallest absolute Gasteiger partial charge is 0.252 e. The van der Waals surface area contributed by atoms with Crippen LogP contribution in [0.3, 0.4) is 0 Å². The first-order valence-electron chi connectivity index (χ1n) is 44.5. The summed E-state index contributed by atoms with van der Waals surface area (Å²) in [5.41, 5.74) is 37.3. The van der Waals surface area contributed by atoms with Gasteiger partial charge in [0.1, 0.15) is 0 Å². The number of hydrogen-bond donors (Lipinski definition) is 0. The summed E-state index contributed by atoms with van der Waals surface area (Å²) >= 11 is 0. The number of benzene rings is 19. The summed E-state index contributed by atoms with van der Waals surface area (Å²) in [7, 11) is 0. The van der Waals surface area contributed by atoms with Crippen molar-refractivity contribution in [2.45, 2.75) is 105 Å². The summed E-state index contributed by atoms with van der Waals surface area (Å²) in [4.78, 5) is 5.56. The van der Waals surface area contributed by atoms with Gasteiger partial charge in [-0.25, -0.2) is 0 Å². The quantitative estimate of drug-likeness (QED) is 0.0729. The Hall–Kier alpha value is -14.3. The Morgan fingerprint density at radius 1 is 0.208 bits per heavy atom. The number of nitrogens with zero attached hydrogens (tertiary/aromatic N) is 4. The lowest BCUT2D eigenvalue weighted by molar-refractivity contribution is 0.590. The zero-order valence-corrected chi connectivity index (χ0v) is 73.1. The molecule has 0 amide bonds. The number of rotatable bonds is 11. The summed E-state index contributed by atoms with van der Waals surface area (Å²) in [6, 6.07) is 143. The molecule has 2 aliphatic rings. The Morgan fingerprint density at radius 3 is 0.864 bits per heavy atom.